The first-order valence-corrected chi connectivity index (χ1v) is 12.8. The summed E-state index contributed by atoms with van der Waals surface area (Å²) in [5.41, 5.74) is 3.40. The summed E-state index contributed by atoms with van der Waals surface area (Å²) in [6.45, 7) is 5.78. The van der Waals surface area contributed by atoms with E-state index in [0.29, 0.717) is 13.1 Å². The summed E-state index contributed by atoms with van der Waals surface area (Å²) in [4.78, 5) is 4.73. The molecule has 3 aromatic carbocycles. The van der Waals surface area contributed by atoms with Crippen LogP contribution in [0.1, 0.15) is 5.56 Å². The van der Waals surface area contributed by atoms with E-state index in [4.69, 9.17) is 0 Å². The number of piperazine rings is 1. The van der Waals surface area contributed by atoms with E-state index in [-0.39, 0.29) is 5.82 Å². The predicted molar refractivity (Wildman–Crippen MR) is 139 cm³/mol. The van der Waals surface area contributed by atoms with Crippen LogP contribution in [0.15, 0.2) is 69.6 Å². The van der Waals surface area contributed by atoms with Crippen molar-refractivity contribution in [1.82, 2.24) is 14.4 Å². The zero-order valence-corrected chi connectivity index (χ0v) is 21.4. The molecule has 172 valence electrons. The Morgan fingerprint density at radius 1 is 0.758 bits per heavy atom. The molecular weight excluding hydrogens is 549 g/mol. The van der Waals surface area contributed by atoms with Crippen molar-refractivity contribution in [3.63, 3.8) is 0 Å². The van der Waals surface area contributed by atoms with Crippen molar-refractivity contribution >= 4 is 53.7 Å². The summed E-state index contributed by atoms with van der Waals surface area (Å²) < 4.78 is 17.5. The lowest BCUT2D eigenvalue weighted by molar-refractivity contribution is 0.0634. The second-order valence-electron chi connectivity index (χ2n) is 8.79. The van der Waals surface area contributed by atoms with Crippen LogP contribution >= 0.6 is 31.9 Å². The van der Waals surface area contributed by atoms with Gasteiger partial charge in [0.1, 0.15) is 5.82 Å². The summed E-state index contributed by atoms with van der Waals surface area (Å²) >= 11 is 7.19. The standard InChI is InChI=1S/C26H26Br2FN3O/c27-19-3-7-25-23(13-19)24-14-20(28)4-8-26(24)32(25)17-22(33)16-31-11-9-30(10-12-31)15-18-1-5-21(29)6-2-18/h1-8,13-14,22,33H,9-12,15-17H2/t22-/m0/s1. The van der Waals surface area contributed by atoms with Crippen LogP contribution < -0.4 is 0 Å². The molecule has 1 N–H and O–H groups in total. The summed E-state index contributed by atoms with van der Waals surface area (Å²) in [5, 5.41) is 13.4. The van der Waals surface area contributed by atoms with E-state index < -0.39 is 6.10 Å². The van der Waals surface area contributed by atoms with Gasteiger partial charge in [-0.3, -0.25) is 9.80 Å². The molecule has 0 saturated carbocycles. The Labute approximate surface area is 209 Å². The lowest BCUT2D eigenvalue weighted by Gasteiger charge is -2.35. The van der Waals surface area contributed by atoms with Crippen molar-refractivity contribution in [2.45, 2.75) is 19.2 Å². The predicted octanol–water partition coefficient (Wildman–Crippen LogP) is 5.64. The Morgan fingerprint density at radius 3 is 1.88 bits per heavy atom. The molecule has 1 aliphatic heterocycles. The molecule has 4 nitrogen and oxygen atoms in total. The number of aromatic nitrogens is 1. The summed E-state index contributed by atoms with van der Waals surface area (Å²) in [6, 6.07) is 19.4. The quantitative estimate of drug-likeness (QED) is 0.323. The highest BCUT2D eigenvalue weighted by molar-refractivity contribution is 9.10. The number of aliphatic hydroxyl groups excluding tert-OH is 1. The number of nitrogens with zero attached hydrogens (tertiary/aromatic N) is 3. The van der Waals surface area contributed by atoms with Crippen molar-refractivity contribution in [1.29, 1.82) is 0 Å². The SMILES string of the molecule is O[C@@H](CN1CCN(Cc2ccc(F)cc2)CC1)Cn1c2ccc(Br)cc2c2cc(Br)ccc21. The third kappa shape index (κ3) is 5.17. The minimum absolute atomic E-state index is 0.193. The maximum atomic E-state index is 13.1. The monoisotopic (exact) mass is 573 g/mol. The molecule has 0 aliphatic carbocycles. The van der Waals surface area contributed by atoms with Crippen LogP contribution in [0.2, 0.25) is 0 Å². The Bertz CT molecular complexity index is 1210. The number of fused-ring (bicyclic) bond motifs is 3. The number of hydrogen-bond acceptors (Lipinski definition) is 3. The van der Waals surface area contributed by atoms with E-state index in [0.717, 1.165) is 58.3 Å². The van der Waals surface area contributed by atoms with Crippen LogP contribution in [0.3, 0.4) is 0 Å². The molecule has 4 aromatic rings. The van der Waals surface area contributed by atoms with Gasteiger partial charge in [-0.1, -0.05) is 44.0 Å². The second kappa shape index (κ2) is 9.84. The molecule has 1 fully saturated rings. The van der Waals surface area contributed by atoms with Gasteiger partial charge in [0.2, 0.25) is 0 Å². The Kier molecular flexibility index (Phi) is 6.86. The highest BCUT2D eigenvalue weighted by Crippen LogP contribution is 2.33. The molecule has 1 aliphatic rings. The lowest BCUT2D eigenvalue weighted by Crippen LogP contribution is -2.48. The molecule has 0 spiro atoms. The van der Waals surface area contributed by atoms with Gasteiger partial charge in [0, 0.05) is 70.0 Å². The molecule has 2 heterocycles. The molecule has 0 unspecified atom stereocenters. The summed E-state index contributed by atoms with van der Waals surface area (Å²) in [6.07, 6.45) is -0.459. The van der Waals surface area contributed by atoms with Gasteiger partial charge in [0.25, 0.3) is 0 Å². The lowest BCUT2D eigenvalue weighted by atomic mass is 10.2. The van der Waals surface area contributed by atoms with E-state index in [1.807, 2.05) is 12.1 Å². The maximum Gasteiger partial charge on any atom is 0.123 e. The molecular formula is C26H26Br2FN3O. The smallest absolute Gasteiger partial charge is 0.123 e. The molecule has 33 heavy (non-hydrogen) atoms. The molecule has 1 saturated heterocycles. The van der Waals surface area contributed by atoms with E-state index in [9.17, 15) is 9.50 Å². The number of β-amino-alcohol motifs (C(OH)–C–C–N with tert-alkyl or cyclic N) is 1. The first-order valence-electron chi connectivity index (χ1n) is 11.2. The molecule has 1 aromatic heterocycles. The number of rotatable bonds is 6. The Balaban J connectivity index is 1.24. The second-order valence-corrected chi connectivity index (χ2v) is 10.6. The normalized spacial score (nSPS) is 16.6. The van der Waals surface area contributed by atoms with Gasteiger partial charge in [-0.2, -0.15) is 0 Å². The molecule has 1 atom stereocenters. The molecule has 5 rings (SSSR count). The average molecular weight is 575 g/mol. The van der Waals surface area contributed by atoms with Gasteiger partial charge in [-0.25, -0.2) is 4.39 Å². The number of halogens is 3. The van der Waals surface area contributed by atoms with Crippen LogP contribution in [0, 0.1) is 5.82 Å². The number of hydrogen-bond donors (Lipinski definition) is 1. The van der Waals surface area contributed by atoms with Crippen LogP contribution in [0.25, 0.3) is 21.8 Å². The molecule has 0 amide bonds. The highest BCUT2D eigenvalue weighted by Gasteiger charge is 2.21. The zero-order chi connectivity index (χ0) is 22.9. The first-order chi connectivity index (χ1) is 16.0. The fraction of sp³-hybridized carbons (Fsp3) is 0.308. The van der Waals surface area contributed by atoms with Crippen LogP contribution in [0.5, 0.6) is 0 Å². The van der Waals surface area contributed by atoms with Gasteiger partial charge in [-0.15, -0.1) is 0 Å². The fourth-order valence-corrected chi connectivity index (χ4v) is 5.51. The van der Waals surface area contributed by atoms with Crippen LogP contribution in [-0.4, -0.2) is 58.3 Å². The minimum atomic E-state index is -0.459. The van der Waals surface area contributed by atoms with Crippen molar-refractivity contribution in [3.8, 4) is 0 Å². The summed E-state index contributed by atoms with van der Waals surface area (Å²) in [5.74, 6) is -0.193. The number of benzene rings is 3. The molecule has 0 radical (unpaired) electrons. The first kappa shape index (κ1) is 23.0. The van der Waals surface area contributed by atoms with Crippen LogP contribution in [-0.2, 0) is 13.1 Å². The minimum Gasteiger partial charge on any atom is -0.390 e. The van der Waals surface area contributed by atoms with E-state index >= 15 is 0 Å². The summed E-state index contributed by atoms with van der Waals surface area (Å²) in [7, 11) is 0. The fourth-order valence-electron chi connectivity index (χ4n) is 4.79. The van der Waals surface area contributed by atoms with Crippen LogP contribution in [0.4, 0.5) is 4.39 Å². The van der Waals surface area contributed by atoms with Gasteiger partial charge in [0.05, 0.1) is 12.6 Å². The third-order valence-corrected chi connectivity index (χ3v) is 7.42. The van der Waals surface area contributed by atoms with Gasteiger partial charge in [0.15, 0.2) is 0 Å². The van der Waals surface area contributed by atoms with Gasteiger partial charge >= 0.3 is 0 Å². The maximum absolute atomic E-state index is 13.1. The molecule has 0 bridgehead atoms. The largest absolute Gasteiger partial charge is 0.390 e. The third-order valence-electron chi connectivity index (χ3n) is 6.44. The topological polar surface area (TPSA) is 31.6 Å². The van der Waals surface area contributed by atoms with E-state index in [2.05, 4.69) is 82.6 Å². The Hall–Kier alpha value is -1.77. The van der Waals surface area contributed by atoms with Crippen molar-refractivity contribution < 1.29 is 9.50 Å². The van der Waals surface area contributed by atoms with Crippen molar-refractivity contribution in [2.24, 2.45) is 0 Å². The highest BCUT2D eigenvalue weighted by atomic mass is 79.9. The molecule has 7 heteroatoms. The van der Waals surface area contributed by atoms with E-state index in [1.54, 1.807) is 0 Å². The van der Waals surface area contributed by atoms with Gasteiger partial charge < -0.3 is 9.67 Å². The van der Waals surface area contributed by atoms with E-state index in [1.165, 1.54) is 22.9 Å². The average Bonchev–Trinajstić information content (AvgIpc) is 3.08. The van der Waals surface area contributed by atoms with Crippen molar-refractivity contribution in [3.05, 3.63) is 81.0 Å². The van der Waals surface area contributed by atoms with Crippen molar-refractivity contribution in [2.75, 3.05) is 32.7 Å². The van der Waals surface area contributed by atoms with Gasteiger partial charge in [-0.05, 0) is 54.1 Å². The number of aliphatic hydroxyl groups is 1. The Morgan fingerprint density at radius 2 is 1.30 bits per heavy atom. The zero-order valence-electron chi connectivity index (χ0n) is 18.2.